The van der Waals surface area contributed by atoms with Crippen molar-refractivity contribution in [2.75, 3.05) is 18.5 Å². The van der Waals surface area contributed by atoms with E-state index in [1.807, 2.05) is 43.3 Å². The summed E-state index contributed by atoms with van der Waals surface area (Å²) in [6.45, 7) is 3.11. The summed E-state index contributed by atoms with van der Waals surface area (Å²) in [6.07, 6.45) is 3.23. The summed E-state index contributed by atoms with van der Waals surface area (Å²) in [5, 5.41) is 3.42. The van der Waals surface area contributed by atoms with E-state index in [4.69, 9.17) is 9.47 Å². The van der Waals surface area contributed by atoms with Gasteiger partial charge in [0.1, 0.15) is 13.2 Å². The van der Waals surface area contributed by atoms with Crippen molar-refractivity contribution >= 4 is 38.7 Å². The predicted octanol–water partition coefficient (Wildman–Crippen LogP) is 4.03. The summed E-state index contributed by atoms with van der Waals surface area (Å²) in [7, 11) is 0. The highest BCUT2D eigenvalue weighted by atomic mass is 32.1. The zero-order valence-electron chi connectivity index (χ0n) is 13.6. The van der Waals surface area contributed by atoms with Gasteiger partial charge in [0.2, 0.25) is 5.91 Å². The van der Waals surface area contributed by atoms with Crippen LogP contribution in [0.4, 0.5) is 5.13 Å². The van der Waals surface area contributed by atoms with E-state index in [2.05, 4.69) is 10.3 Å². The minimum absolute atomic E-state index is 0.216. The molecule has 0 saturated heterocycles. The molecule has 0 fully saturated rings. The van der Waals surface area contributed by atoms with Gasteiger partial charge in [-0.05, 0) is 42.3 Å². The first-order valence-corrected chi connectivity index (χ1v) is 8.75. The summed E-state index contributed by atoms with van der Waals surface area (Å²) in [5.74, 6) is 1.22. The van der Waals surface area contributed by atoms with E-state index in [1.54, 1.807) is 6.08 Å². The van der Waals surface area contributed by atoms with Crippen molar-refractivity contribution in [2.24, 2.45) is 0 Å². The maximum atomic E-state index is 12.1. The molecule has 1 N–H and O–H groups in total. The van der Waals surface area contributed by atoms with Crippen molar-refractivity contribution in [1.29, 1.82) is 0 Å². The van der Waals surface area contributed by atoms with E-state index in [1.165, 1.54) is 17.4 Å². The Morgan fingerprint density at radius 1 is 1.20 bits per heavy atom. The molecular weight excluding hydrogens is 336 g/mol. The van der Waals surface area contributed by atoms with Gasteiger partial charge in [0, 0.05) is 6.08 Å². The fourth-order valence-electron chi connectivity index (χ4n) is 2.62. The molecule has 0 aliphatic carbocycles. The van der Waals surface area contributed by atoms with Crippen molar-refractivity contribution in [3.8, 4) is 11.5 Å². The lowest BCUT2D eigenvalue weighted by Gasteiger charge is -2.18. The Bertz CT molecular complexity index is 978. The van der Waals surface area contributed by atoms with Crippen LogP contribution in [0.15, 0.2) is 42.5 Å². The van der Waals surface area contributed by atoms with Crippen LogP contribution < -0.4 is 14.8 Å². The number of nitrogens with one attached hydrogen (secondary N) is 1. The first-order valence-electron chi connectivity index (χ1n) is 7.94. The average Bonchev–Trinajstić information content (AvgIpc) is 3.03. The van der Waals surface area contributed by atoms with E-state index >= 15 is 0 Å². The van der Waals surface area contributed by atoms with Gasteiger partial charge in [-0.25, -0.2) is 4.98 Å². The second-order valence-electron chi connectivity index (χ2n) is 5.67. The van der Waals surface area contributed by atoms with Gasteiger partial charge in [-0.2, -0.15) is 0 Å². The Labute approximate surface area is 148 Å². The number of carbonyl (C=O) groups excluding carboxylic acids is 1. The molecule has 0 bridgehead atoms. The third-order valence-electron chi connectivity index (χ3n) is 3.84. The van der Waals surface area contributed by atoms with Gasteiger partial charge in [-0.3, -0.25) is 10.1 Å². The third-order valence-corrected chi connectivity index (χ3v) is 4.78. The molecule has 1 aliphatic heterocycles. The van der Waals surface area contributed by atoms with Gasteiger partial charge in [0.15, 0.2) is 16.6 Å². The molecule has 0 saturated carbocycles. The zero-order valence-corrected chi connectivity index (χ0v) is 14.4. The van der Waals surface area contributed by atoms with Crippen LogP contribution in [0.1, 0.15) is 11.1 Å². The molecule has 0 unspecified atom stereocenters. The lowest BCUT2D eigenvalue weighted by atomic mass is 10.2. The van der Waals surface area contributed by atoms with Crippen molar-refractivity contribution in [2.45, 2.75) is 6.92 Å². The number of hydrogen-bond acceptors (Lipinski definition) is 5. The molecule has 6 heteroatoms. The number of aromatic nitrogens is 1. The molecule has 0 radical (unpaired) electrons. The summed E-state index contributed by atoms with van der Waals surface area (Å²) in [5.41, 5.74) is 2.90. The van der Waals surface area contributed by atoms with Crippen molar-refractivity contribution in [1.82, 2.24) is 4.98 Å². The molecule has 126 valence electrons. The second kappa shape index (κ2) is 6.57. The summed E-state index contributed by atoms with van der Waals surface area (Å²) in [6, 6.07) is 11.6. The van der Waals surface area contributed by atoms with E-state index in [0.717, 1.165) is 27.1 Å². The number of rotatable bonds is 3. The smallest absolute Gasteiger partial charge is 0.250 e. The second-order valence-corrected chi connectivity index (χ2v) is 6.70. The topological polar surface area (TPSA) is 60.5 Å². The molecule has 3 aromatic rings. The van der Waals surface area contributed by atoms with Gasteiger partial charge >= 0.3 is 0 Å². The minimum Gasteiger partial charge on any atom is -0.486 e. The normalized spacial score (nSPS) is 13.3. The minimum atomic E-state index is -0.216. The van der Waals surface area contributed by atoms with Crippen LogP contribution in [-0.4, -0.2) is 24.1 Å². The Kier molecular flexibility index (Phi) is 4.11. The quantitative estimate of drug-likeness (QED) is 0.723. The molecule has 5 nitrogen and oxygen atoms in total. The number of hydrogen-bond donors (Lipinski definition) is 1. The molecule has 1 amide bonds. The van der Waals surface area contributed by atoms with Crippen LogP contribution >= 0.6 is 11.3 Å². The van der Waals surface area contributed by atoms with Crippen molar-refractivity contribution in [3.63, 3.8) is 0 Å². The monoisotopic (exact) mass is 352 g/mol. The molecule has 2 heterocycles. The molecule has 4 rings (SSSR count). The largest absolute Gasteiger partial charge is 0.486 e. The van der Waals surface area contributed by atoms with Crippen LogP contribution in [0.5, 0.6) is 11.5 Å². The van der Waals surface area contributed by atoms with Crippen LogP contribution in [0.2, 0.25) is 0 Å². The van der Waals surface area contributed by atoms with Gasteiger partial charge in [-0.15, -0.1) is 0 Å². The molecule has 1 aliphatic rings. The van der Waals surface area contributed by atoms with Crippen LogP contribution in [-0.2, 0) is 4.79 Å². The highest BCUT2D eigenvalue weighted by Gasteiger charge is 2.11. The highest BCUT2D eigenvalue weighted by Crippen LogP contribution is 2.31. The van der Waals surface area contributed by atoms with Crippen molar-refractivity contribution < 1.29 is 14.3 Å². The first-order chi connectivity index (χ1) is 12.2. The molecule has 0 spiro atoms. The maximum absolute atomic E-state index is 12.1. The van der Waals surface area contributed by atoms with Gasteiger partial charge < -0.3 is 9.47 Å². The number of thiazole rings is 1. The first kappa shape index (κ1) is 15.7. The standard InChI is InChI=1S/C19H16N2O3S/c1-12-3-2-4-16-18(12)21-19(25-16)20-17(22)8-6-13-5-7-14-15(11-13)24-10-9-23-14/h2-8,11H,9-10H2,1H3,(H,20,21,22)/b8-6+. The van der Waals surface area contributed by atoms with Gasteiger partial charge in [0.05, 0.1) is 10.2 Å². The lowest BCUT2D eigenvalue weighted by Crippen LogP contribution is -2.15. The molecular formula is C19H16N2O3S. The predicted molar refractivity (Wildman–Crippen MR) is 99.5 cm³/mol. The maximum Gasteiger partial charge on any atom is 0.250 e. The summed E-state index contributed by atoms with van der Waals surface area (Å²) in [4.78, 5) is 16.6. The highest BCUT2D eigenvalue weighted by molar-refractivity contribution is 7.22. The van der Waals surface area contributed by atoms with E-state index in [9.17, 15) is 4.79 Å². The van der Waals surface area contributed by atoms with E-state index < -0.39 is 0 Å². The number of amides is 1. The Balaban J connectivity index is 1.47. The zero-order chi connectivity index (χ0) is 17.2. The van der Waals surface area contributed by atoms with Crippen LogP contribution in [0, 0.1) is 6.92 Å². The molecule has 0 atom stereocenters. The SMILES string of the molecule is Cc1cccc2sc(NC(=O)/C=C/c3ccc4c(c3)OCCO4)nc12. The number of anilines is 1. The number of aryl methyl sites for hydroxylation is 1. The number of fused-ring (bicyclic) bond motifs is 2. The summed E-state index contributed by atoms with van der Waals surface area (Å²) < 4.78 is 12.1. The molecule has 25 heavy (non-hydrogen) atoms. The van der Waals surface area contributed by atoms with Crippen LogP contribution in [0.25, 0.3) is 16.3 Å². The van der Waals surface area contributed by atoms with Gasteiger partial charge in [0.25, 0.3) is 0 Å². The molecule has 2 aromatic carbocycles. The third kappa shape index (κ3) is 3.34. The van der Waals surface area contributed by atoms with Crippen LogP contribution in [0.3, 0.4) is 0 Å². The number of nitrogens with zero attached hydrogens (tertiary/aromatic N) is 1. The number of benzene rings is 2. The average molecular weight is 352 g/mol. The van der Waals surface area contributed by atoms with E-state index in [-0.39, 0.29) is 5.91 Å². The number of para-hydroxylation sites is 1. The fraction of sp³-hybridized carbons (Fsp3) is 0.158. The summed E-state index contributed by atoms with van der Waals surface area (Å²) >= 11 is 1.47. The lowest BCUT2D eigenvalue weighted by molar-refractivity contribution is -0.111. The Morgan fingerprint density at radius 3 is 2.88 bits per heavy atom. The van der Waals surface area contributed by atoms with Gasteiger partial charge in [-0.1, -0.05) is 29.5 Å². The Hall–Kier alpha value is -2.86. The van der Waals surface area contributed by atoms with Crippen molar-refractivity contribution in [3.05, 3.63) is 53.6 Å². The van der Waals surface area contributed by atoms with E-state index in [0.29, 0.717) is 24.1 Å². The number of carbonyl (C=O) groups is 1. The molecule has 1 aromatic heterocycles. The fourth-order valence-corrected chi connectivity index (χ4v) is 3.57. The number of ether oxygens (including phenoxy) is 2. The Morgan fingerprint density at radius 2 is 2.04 bits per heavy atom.